The molecule has 1 rings (SSSR count). The number of hydrogen-bond donors (Lipinski definition) is 1. The molecule has 16 heavy (non-hydrogen) atoms. The smallest absolute Gasteiger partial charge is 0.0621 e. The molecule has 1 N–H and O–H groups in total. The lowest BCUT2D eigenvalue weighted by molar-refractivity contribution is 0.319. The lowest BCUT2D eigenvalue weighted by atomic mass is 9.88. The van der Waals surface area contributed by atoms with Gasteiger partial charge in [0.1, 0.15) is 0 Å². The number of hydrogen-bond acceptors (Lipinski definition) is 4. The molecule has 0 aromatic rings. The molecule has 0 saturated carbocycles. The third kappa shape index (κ3) is 6.03. The van der Waals surface area contributed by atoms with Gasteiger partial charge in [-0.1, -0.05) is 13.8 Å². The SMILES string of the molecule is CC(C)(CCC#N)CNCC1CSCCS1. The summed E-state index contributed by atoms with van der Waals surface area (Å²) in [4.78, 5) is 0. The summed E-state index contributed by atoms with van der Waals surface area (Å²) in [5, 5.41) is 12.9. The Morgan fingerprint density at radius 3 is 2.88 bits per heavy atom. The Balaban J connectivity index is 2.11. The second-order valence-electron chi connectivity index (χ2n) is 5.02. The first-order valence-electron chi connectivity index (χ1n) is 5.91. The molecule has 1 fully saturated rings. The average molecular weight is 258 g/mol. The first-order valence-corrected chi connectivity index (χ1v) is 8.11. The molecule has 0 aliphatic carbocycles. The second-order valence-corrected chi connectivity index (χ2v) is 7.58. The van der Waals surface area contributed by atoms with E-state index in [4.69, 9.17) is 5.26 Å². The fourth-order valence-electron chi connectivity index (χ4n) is 1.71. The zero-order valence-electron chi connectivity index (χ0n) is 10.3. The van der Waals surface area contributed by atoms with Crippen LogP contribution in [0.25, 0.3) is 0 Å². The normalized spacial score (nSPS) is 21.7. The van der Waals surface area contributed by atoms with E-state index in [1.54, 1.807) is 0 Å². The Bertz CT molecular complexity index is 230. The van der Waals surface area contributed by atoms with Gasteiger partial charge in [-0.25, -0.2) is 0 Å². The van der Waals surface area contributed by atoms with E-state index in [-0.39, 0.29) is 5.41 Å². The minimum Gasteiger partial charge on any atom is -0.315 e. The van der Waals surface area contributed by atoms with E-state index in [2.05, 4.69) is 48.8 Å². The van der Waals surface area contributed by atoms with Gasteiger partial charge in [-0.3, -0.25) is 0 Å². The quantitative estimate of drug-likeness (QED) is 0.795. The van der Waals surface area contributed by atoms with Gasteiger partial charge < -0.3 is 5.32 Å². The van der Waals surface area contributed by atoms with Gasteiger partial charge >= 0.3 is 0 Å². The van der Waals surface area contributed by atoms with Crippen molar-refractivity contribution in [2.24, 2.45) is 5.41 Å². The topological polar surface area (TPSA) is 35.8 Å². The minimum atomic E-state index is 0.252. The molecule has 0 spiro atoms. The predicted molar refractivity (Wildman–Crippen MR) is 75.1 cm³/mol. The average Bonchev–Trinajstić information content (AvgIpc) is 2.28. The maximum absolute atomic E-state index is 8.58. The molecule has 1 saturated heterocycles. The number of nitrogens with zero attached hydrogens (tertiary/aromatic N) is 1. The van der Waals surface area contributed by atoms with Gasteiger partial charge in [0.15, 0.2) is 0 Å². The van der Waals surface area contributed by atoms with Gasteiger partial charge in [0, 0.05) is 42.0 Å². The first-order chi connectivity index (χ1) is 7.64. The van der Waals surface area contributed by atoms with Crippen LogP contribution in [0.1, 0.15) is 26.7 Å². The number of nitrogens with one attached hydrogen (secondary N) is 1. The molecule has 1 aliphatic rings. The predicted octanol–water partition coefficient (Wildman–Crippen LogP) is 2.75. The van der Waals surface area contributed by atoms with Gasteiger partial charge in [-0.05, 0) is 11.8 Å². The Kier molecular flexibility index (Phi) is 6.64. The van der Waals surface area contributed by atoms with Crippen LogP contribution in [0.4, 0.5) is 0 Å². The highest BCUT2D eigenvalue weighted by Crippen LogP contribution is 2.24. The third-order valence-electron chi connectivity index (χ3n) is 2.77. The van der Waals surface area contributed by atoms with Crippen molar-refractivity contribution in [3.63, 3.8) is 0 Å². The van der Waals surface area contributed by atoms with E-state index in [0.29, 0.717) is 6.42 Å². The van der Waals surface area contributed by atoms with E-state index >= 15 is 0 Å². The zero-order chi connectivity index (χ0) is 11.9. The summed E-state index contributed by atoms with van der Waals surface area (Å²) in [6.45, 7) is 6.62. The molecule has 0 bridgehead atoms. The van der Waals surface area contributed by atoms with E-state index in [0.717, 1.165) is 24.8 Å². The van der Waals surface area contributed by atoms with Crippen LogP contribution in [-0.2, 0) is 0 Å². The first kappa shape index (κ1) is 14.2. The van der Waals surface area contributed by atoms with E-state index in [9.17, 15) is 0 Å². The van der Waals surface area contributed by atoms with E-state index in [1.807, 2.05) is 0 Å². The van der Waals surface area contributed by atoms with Crippen LogP contribution in [0.3, 0.4) is 0 Å². The van der Waals surface area contributed by atoms with Crippen LogP contribution >= 0.6 is 23.5 Å². The summed E-state index contributed by atoms with van der Waals surface area (Å²) in [6.07, 6.45) is 1.66. The van der Waals surface area contributed by atoms with Crippen LogP contribution in [0.15, 0.2) is 0 Å². The van der Waals surface area contributed by atoms with Crippen molar-refractivity contribution in [3.8, 4) is 6.07 Å². The summed E-state index contributed by atoms with van der Waals surface area (Å²) in [6, 6.07) is 2.23. The summed E-state index contributed by atoms with van der Waals surface area (Å²) in [5.41, 5.74) is 0.252. The molecular weight excluding hydrogens is 236 g/mol. The molecule has 92 valence electrons. The molecular formula is C12H22N2S2. The molecule has 0 amide bonds. The van der Waals surface area contributed by atoms with Crippen LogP contribution in [-0.4, -0.2) is 35.6 Å². The summed E-state index contributed by atoms with van der Waals surface area (Å²) < 4.78 is 0. The number of thioether (sulfide) groups is 2. The maximum atomic E-state index is 8.58. The molecule has 0 radical (unpaired) electrons. The maximum Gasteiger partial charge on any atom is 0.0621 e. The Morgan fingerprint density at radius 2 is 2.25 bits per heavy atom. The Hall–Kier alpha value is 0.150. The van der Waals surface area contributed by atoms with Crippen molar-refractivity contribution in [3.05, 3.63) is 0 Å². The van der Waals surface area contributed by atoms with Crippen LogP contribution < -0.4 is 5.32 Å². The van der Waals surface area contributed by atoms with Crippen molar-refractivity contribution >= 4 is 23.5 Å². The summed E-state index contributed by atoms with van der Waals surface area (Å²) in [7, 11) is 0. The lowest BCUT2D eigenvalue weighted by Gasteiger charge is -2.26. The molecule has 1 heterocycles. The van der Waals surface area contributed by atoms with Crippen molar-refractivity contribution in [1.29, 1.82) is 5.26 Å². The molecule has 0 aromatic heterocycles. The number of rotatable bonds is 6. The Morgan fingerprint density at radius 1 is 1.44 bits per heavy atom. The molecule has 1 atom stereocenters. The minimum absolute atomic E-state index is 0.252. The summed E-state index contributed by atoms with van der Waals surface area (Å²) in [5.74, 6) is 3.90. The monoisotopic (exact) mass is 258 g/mol. The highest BCUT2D eigenvalue weighted by molar-refractivity contribution is 8.06. The zero-order valence-corrected chi connectivity index (χ0v) is 11.9. The summed E-state index contributed by atoms with van der Waals surface area (Å²) >= 11 is 4.17. The van der Waals surface area contributed by atoms with Crippen LogP contribution in [0.5, 0.6) is 0 Å². The van der Waals surface area contributed by atoms with Crippen molar-refractivity contribution in [2.45, 2.75) is 31.9 Å². The highest BCUT2D eigenvalue weighted by Gasteiger charge is 2.19. The molecule has 4 heteroatoms. The standard InChI is InChI=1S/C12H22N2S2/c1-12(2,4-3-5-13)10-14-8-11-9-15-6-7-16-11/h11,14H,3-4,6-10H2,1-2H3. The lowest BCUT2D eigenvalue weighted by Crippen LogP contribution is -2.35. The van der Waals surface area contributed by atoms with Gasteiger partial charge in [0.25, 0.3) is 0 Å². The largest absolute Gasteiger partial charge is 0.315 e. The van der Waals surface area contributed by atoms with Gasteiger partial charge in [0.2, 0.25) is 0 Å². The second kappa shape index (κ2) is 7.47. The fraction of sp³-hybridized carbons (Fsp3) is 0.917. The van der Waals surface area contributed by atoms with Crippen molar-refractivity contribution in [1.82, 2.24) is 5.32 Å². The van der Waals surface area contributed by atoms with E-state index < -0.39 is 0 Å². The molecule has 1 aliphatic heterocycles. The molecule has 0 aromatic carbocycles. The van der Waals surface area contributed by atoms with Gasteiger partial charge in [0.05, 0.1) is 6.07 Å². The Labute approximate surface area is 108 Å². The third-order valence-corrected chi connectivity index (χ3v) is 5.62. The van der Waals surface area contributed by atoms with Crippen LogP contribution in [0, 0.1) is 16.7 Å². The van der Waals surface area contributed by atoms with Gasteiger partial charge in [-0.15, -0.1) is 0 Å². The van der Waals surface area contributed by atoms with Gasteiger partial charge in [-0.2, -0.15) is 28.8 Å². The fourth-order valence-corrected chi connectivity index (χ4v) is 4.35. The molecule has 2 nitrogen and oxygen atoms in total. The van der Waals surface area contributed by atoms with Crippen molar-refractivity contribution < 1.29 is 0 Å². The molecule has 1 unspecified atom stereocenters. The number of nitriles is 1. The van der Waals surface area contributed by atoms with Crippen LogP contribution in [0.2, 0.25) is 0 Å². The highest BCUT2D eigenvalue weighted by atomic mass is 32.2. The van der Waals surface area contributed by atoms with Crippen molar-refractivity contribution in [2.75, 3.05) is 30.3 Å². The van der Waals surface area contributed by atoms with E-state index in [1.165, 1.54) is 17.3 Å².